The summed E-state index contributed by atoms with van der Waals surface area (Å²) in [4.78, 5) is 0. The Balaban J connectivity index is 1.56. The van der Waals surface area contributed by atoms with E-state index in [4.69, 9.17) is 14.0 Å². The smallest absolute Gasteiger partial charge is 0.403 e. The zero-order valence-electron chi connectivity index (χ0n) is 17.2. The Morgan fingerprint density at radius 3 is 2.33 bits per heavy atom. The lowest BCUT2D eigenvalue weighted by molar-refractivity contribution is 0.00578. The van der Waals surface area contributed by atoms with Crippen LogP contribution in [0.5, 0.6) is 0 Å². The van der Waals surface area contributed by atoms with Crippen molar-refractivity contribution in [1.29, 1.82) is 0 Å². The topological polar surface area (TPSA) is 27.7 Å². The van der Waals surface area contributed by atoms with Gasteiger partial charge in [0.1, 0.15) is 0 Å². The van der Waals surface area contributed by atoms with E-state index in [1.54, 1.807) is 0 Å². The number of rotatable bonds is 7. The van der Waals surface area contributed by atoms with Gasteiger partial charge in [-0.05, 0) is 46.1 Å². The molecular weight excluding hydrogens is 335 g/mol. The molecule has 0 spiro atoms. The molecular formula is C23H33BO3. The highest BCUT2D eigenvalue weighted by atomic mass is 16.7. The predicted molar refractivity (Wildman–Crippen MR) is 111 cm³/mol. The molecule has 1 aliphatic carbocycles. The van der Waals surface area contributed by atoms with Crippen LogP contribution in [0.25, 0.3) is 0 Å². The van der Waals surface area contributed by atoms with Crippen molar-refractivity contribution in [3.8, 4) is 0 Å². The molecule has 3 atom stereocenters. The fraction of sp³-hybridized carbons (Fsp3) is 0.565. The van der Waals surface area contributed by atoms with Crippen molar-refractivity contribution >= 4 is 7.12 Å². The lowest BCUT2D eigenvalue weighted by Gasteiger charge is -2.32. The minimum Gasteiger partial charge on any atom is -0.403 e. The van der Waals surface area contributed by atoms with Gasteiger partial charge in [0.05, 0.1) is 23.9 Å². The van der Waals surface area contributed by atoms with Gasteiger partial charge in [-0.2, -0.15) is 0 Å². The minimum absolute atomic E-state index is 0.174. The Hall–Kier alpha value is -1.36. The minimum atomic E-state index is -0.270. The van der Waals surface area contributed by atoms with Crippen LogP contribution in [0.4, 0.5) is 0 Å². The third-order valence-electron chi connectivity index (χ3n) is 6.28. The molecule has 0 aromatic heterocycles. The lowest BCUT2D eigenvalue weighted by atomic mass is 9.84. The van der Waals surface area contributed by atoms with E-state index in [9.17, 15) is 0 Å². The first-order chi connectivity index (χ1) is 12.8. The zero-order chi connectivity index (χ0) is 19.5. The van der Waals surface area contributed by atoms with E-state index in [2.05, 4.69) is 76.8 Å². The molecule has 4 heteroatoms. The number of allylic oxidation sites excluding steroid dienone is 1. The normalized spacial score (nSPS) is 29.5. The highest BCUT2D eigenvalue weighted by Gasteiger charge is 2.50. The number of ether oxygens (including phenoxy) is 1. The molecule has 1 saturated heterocycles. The van der Waals surface area contributed by atoms with Crippen LogP contribution >= 0.6 is 0 Å². The van der Waals surface area contributed by atoms with Crippen LogP contribution in [0.1, 0.15) is 46.1 Å². The molecule has 1 aromatic rings. The summed E-state index contributed by atoms with van der Waals surface area (Å²) >= 11 is 0. The van der Waals surface area contributed by atoms with Gasteiger partial charge in [0.15, 0.2) is 0 Å². The lowest BCUT2D eigenvalue weighted by Crippen LogP contribution is -2.41. The maximum Gasteiger partial charge on any atom is 0.461 e. The molecule has 0 radical (unpaired) electrons. The van der Waals surface area contributed by atoms with E-state index in [0.717, 1.165) is 19.2 Å². The maximum absolute atomic E-state index is 6.31. The van der Waals surface area contributed by atoms with Crippen molar-refractivity contribution in [3.63, 3.8) is 0 Å². The van der Waals surface area contributed by atoms with Gasteiger partial charge in [-0.15, -0.1) is 6.58 Å². The third-order valence-corrected chi connectivity index (χ3v) is 6.28. The van der Waals surface area contributed by atoms with Crippen molar-refractivity contribution in [1.82, 2.24) is 0 Å². The molecule has 1 saturated carbocycles. The average molecular weight is 368 g/mol. The number of hydrogen-bond acceptors (Lipinski definition) is 3. The van der Waals surface area contributed by atoms with Crippen LogP contribution in [0, 0.1) is 11.8 Å². The largest absolute Gasteiger partial charge is 0.461 e. The van der Waals surface area contributed by atoms with Gasteiger partial charge in [0.2, 0.25) is 0 Å². The summed E-state index contributed by atoms with van der Waals surface area (Å²) in [6.07, 6.45) is 9.79. The van der Waals surface area contributed by atoms with Crippen molar-refractivity contribution in [2.75, 3.05) is 0 Å². The summed E-state index contributed by atoms with van der Waals surface area (Å²) in [5, 5.41) is 0. The van der Waals surface area contributed by atoms with Crippen LogP contribution in [-0.2, 0) is 20.7 Å². The Labute approximate surface area is 164 Å². The van der Waals surface area contributed by atoms with Gasteiger partial charge < -0.3 is 14.0 Å². The van der Waals surface area contributed by atoms with Crippen LogP contribution in [0.2, 0.25) is 6.32 Å². The summed E-state index contributed by atoms with van der Waals surface area (Å²) in [6, 6.07) is 10.4. The molecule has 0 unspecified atom stereocenters. The molecule has 27 heavy (non-hydrogen) atoms. The predicted octanol–water partition coefficient (Wildman–Crippen LogP) is 5.43. The molecule has 3 nitrogen and oxygen atoms in total. The van der Waals surface area contributed by atoms with E-state index < -0.39 is 0 Å². The van der Waals surface area contributed by atoms with E-state index in [1.807, 2.05) is 6.07 Å². The van der Waals surface area contributed by atoms with Gasteiger partial charge in [0, 0.05) is 18.2 Å². The molecule has 2 aliphatic rings. The SMILES string of the molecule is C=C[C@H]1CC[C@@H](/C=C/CB2OC(C)(C)C(C)(C)O2)[C@H]1OCc1ccccc1. The van der Waals surface area contributed by atoms with Crippen molar-refractivity contribution in [3.05, 3.63) is 60.7 Å². The maximum atomic E-state index is 6.31. The van der Waals surface area contributed by atoms with Crippen LogP contribution in [0.15, 0.2) is 55.1 Å². The molecule has 2 fully saturated rings. The quantitative estimate of drug-likeness (QED) is 0.474. The molecule has 1 aromatic carbocycles. The fourth-order valence-corrected chi connectivity index (χ4v) is 3.93. The van der Waals surface area contributed by atoms with Gasteiger partial charge in [-0.3, -0.25) is 0 Å². The summed E-state index contributed by atoms with van der Waals surface area (Å²) in [5.41, 5.74) is 0.676. The Bertz CT molecular complexity index is 637. The van der Waals surface area contributed by atoms with Crippen LogP contribution < -0.4 is 0 Å². The van der Waals surface area contributed by atoms with Crippen LogP contribution in [0.3, 0.4) is 0 Å². The van der Waals surface area contributed by atoms with Gasteiger partial charge in [-0.25, -0.2) is 0 Å². The Morgan fingerprint density at radius 1 is 1.07 bits per heavy atom. The molecule has 0 bridgehead atoms. The first-order valence-corrected chi connectivity index (χ1v) is 10.1. The zero-order valence-corrected chi connectivity index (χ0v) is 17.2. The van der Waals surface area contributed by atoms with Crippen molar-refractivity contribution < 1.29 is 14.0 Å². The van der Waals surface area contributed by atoms with Crippen LogP contribution in [-0.4, -0.2) is 24.4 Å². The van der Waals surface area contributed by atoms with Gasteiger partial charge in [0.25, 0.3) is 0 Å². The average Bonchev–Trinajstić information content (AvgIpc) is 3.10. The summed E-state index contributed by atoms with van der Waals surface area (Å²) in [7, 11) is -0.174. The van der Waals surface area contributed by atoms with Gasteiger partial charge in [-0.1, -0.05) is 48.6 Å². The van der Waals surface area contributed by atoms with E-state index >= 15 is 0 Å². The highest BCUT2D eigenvalue weighted by Crippen LogP contribution is 2.39. The standard InChI is InChI=1S/C23H33BO3/c1-6-19-14-15-20(21(19)25-17-18-11-8-7-9-12-18)13-10-16-24-26-22(2,3)23(4,5)27-24/h6-13,19-21H,1,14-17H2,2-5H3/b13-10+/t19-,20+,21-/m0/s1. The number of benzene rings is 1. The molecule has 1 aliphatic heterocycles. The monoisotopic (exact) mass is 368 g/mol. The van der Waals surface area contributed by atoms with Gasteiger partial charge >= 0.3 is 7.12 Å². The summed E-state index contributed by atoms with van der Waals surface area (Å²) in [5.74, 6) is 0.833. The van der Waals surface area contributed by atoms with E-state index in [0.29, 0.717) is 18.4 Å². The second-order valence-corrected chi connectivity index (χ2v) is 8.75. The molecule has 146 valence electrons. The molecule has 0 amide bonds. The summed E-state index contributed by atoms with van der Waals surface area (Å²) < 4.78 is 18.5. The third kappa shape index (κ3) is 4.74. The number of hydrogen-bond donors (Lipinski definition) is 0. The Morgan fingerprint density at radius 2 is 1.70 bits per heavy atom. The summed E-state index contributed by atoms with van der Waals surface area (Å²) in [6.45, 7) is 13.0. The first-order valence-electron chi connectivity index (χ1n) is 10.1. The van der Waals surface area contributed by atoms with Crippen molar-refractivity contribution in [2.24, 2.45) is 11.8 Å². The fourth-order valence-electron chi connectivity index (χ4n) is 3.93. The highest BCUT2D eigenvalue weighted by molar-refractivity contribution is 6.46. The second-order valence-electron chi connectivity index (χ2n) is 8.75. The molecule has 0 N–H and O–H groups in total. The van der Waals surface area contributed by atoms with E-state index in [-0.39, 0.29) is 24.4 Å². The molecule has 3 rings (SSSR count). The molecule has 1 heterocycles. The first kappa shape index (κ1) is 20.4. The van der Waals surface area contributed by atoms with E-state index in [1.165, 1.54) is 5.56 Å². The second kappa shape index (κ2) is 8.34. The van der Waals surface area contributed by atoms with Crippen molar-refractivity contribution in [2.45, 2.75) is 70.8 Å². The Kier molecular flexibility index (Phi) is 6.30.